The number of unbranched alkanes of at least 4 members (excludes halogenated alkanes) is 22. The van der Waals surface area contributed by atoms with Gasteiger partial charge in [-0.05, 0) is 85.2 Å². The van der Waals surface area contributed by atoms with Crippen LogP contribution in [0.5, 0.6) is 0 Å². The Kier molecular flexibility index (Phi) is 38.1. The Hall–Kier alpha value is -1.33. The van der Waals surface area contributed by atoms with E-state index in [2.05, 4.69) is 38.2 Å². The van der Waals surface area contributed by atoms with Crippen LogP contribution in [0.4, 0.5) is 0 Å². The van der Waals surface area contributed by atoms with Gasteiger partial charge in [-0.1, -0.05) is 141 Å². The minimum Gasteiger partial charge on any atom is -0.457 e. The van der Waals surface area contributed by atoms with E-state index in [9.17, 15) is 9.59 Å². The van der Waals surface area contributed by atoms with E-state index in [1.165, 1.54) is 116 Å². The van der Waals surface area contributed by atoms with Gasteiger partial charge in [-0.2, -0.15) is 0 Å². The molecule has 2 unspecified atom stereocenters. The van der Waals surface area contributed by atoms with Crippen LogP contribution in [-0.4, -0.2) is 43.3 Å². The van der Waals surface area contributed by atoms with Crippen molar-refractivity contribution < 1.29 is 19.1 Å². The summed E-state index contributed by atoms with van der Waals surface area (Å²) >= 11 is 0. The average molecular weight is 685 g/mol. The summed E-state index contributed by atoms with van der Waals surface area (Å²) in [6.45, 7) is 6.35. The second kappa shape index (κ2) is 37.5. The molecule has 0 radical (unpaired) electrons. The van der Waals surface area contributed by atoms with Gasteiger partial charge < -0.3 is 9.47 Å². The van der Waals surface area contributed by atoms with Crippen LogP contribution in [0.25, 0.3) is 0 Å². The second-order valence-corrected chi connectivity index (χ2v) is 13.7. The summed E-state index contributed by atoms with van der Waals surface area (Å²) in [5.74, 6) is -0.415. The number of carbonyl (C=O) groups is 2. The van der Waals surface area contributed by atoms with Crippen LogP contribution in [0, 0.1) is 0 Å². The van der Waals surface area contributed by atoms with Crippen LogP contribution < -0.4 is 0 Å². The van der Waals surface area contributed by atoms with E-state index in [-0.39, 0.29) is 24.3 Å². The number of nitrogens with zero attached hydrogens (tertiary/aromatic N) is 1. The molecule has 278 valence electrons. The molecular formula is C41H78ClNO4. The number of likely N-dealkylation sites (N-methyl/N-ethyl adjacent to an activating group) is 1. The van der Waals surface area contributed by atoms with Crippen molar-refractivity contribution in [3.05, 3.63) is 24.3 Å². The molecule has 0 aromatic rings. The summed E-state index contributed by atoms with van der Waals surface area (Å²) in [6.07, 6.45) is 41.2. The number of esters is 2. The van der Waals surface area contributed by atoms with E-state index >= 15 is 0 Å². The molecule has 5 nitrogen and oxygen atoms in total. The maximum atomic E-state index is 12.5. The van der Waals surface area contributed by atoms with Crippen LogP contribution >= 0.6 is 12.4 Å². The first-order valence-corrected chi connectivity index (χ1v) is 19.8. The summed E-state index contributed by atoms with van der Waals surface area (Å²) < 4.78 is 11.4. The molecule has 0 fully saturated rings. The molecule has 0 aliphatic carbocycles. The zero-order valence-electron chi connectivity index (χ0n) is 31.8. The number of halogens is 1. The Morgan fingerprint density at radius 3 is 1.13 bits per heavy atom. The molecule has 0 saturated carbocycles. The van der Waals surface area contributed by atoms with Crippen molar-refractivity contribution in [3.8, 4) is 0 Å². The molecule has 0 rings (SSSR count). The normalized spacial score (nSPS) is 12.9. The molecule has 0 amide bonds. The summed E-state index contributed by atoms with van der Waals surface area (Å²) in [4.78, 5) is 26.8. The van der Waals surface area contributed by atoms with Gasteiger partial charge in [0.05, 0.1) is 0 Å². The standard InChI is InChI=1S/C41H77NO4.ClH/c1-6-8-10-12-14-16-18-20-22-24-26-28-30-32-34-36-39(43)45-38(3)41(42(4)5)46-40(44)37-35-33-31-29-27-25-23-21-19-17-15-13-11-9-7-2;/h20-23,38,41H,6-19,24-37H2,1-5H3;1H. The van der Waals surface area contributed by atoms with Gasteiger partial charge in [0.15, 0.2) is 6.23 Å². The highest BCUT2D eigenvalue weighted by Crippen LogP contribution is 2.15. The molecule has 0 heterocycles. The molecule has 0 aliphatic rings. The lowest BCUT2D eigenvalue weighted by Gasteiger charge is -2.29. The smallest absolute Gasteiger partial charge is 0.307 e. The molecule has 0 N–H and O–H groups in total. The maximum absolute atomic E-state index is 12.5. The monoisotopic (exact) mass is 684 g/mol. The van der Waals surface area contributed by atoms with E-state index in [0.717, 1.165) is 51.4 Å². The average Bonchev–Trinajstić information content (AvgIpc) is 3.03. The number of hydrogen-bond donors (Lipinski definition) is 0. The quantitative estimate of drug-likeness (QED) is 0.0292. The number of carbonyl (C=O) groups excluding carboxylic acids is 2. The predicted octanol–water partition coefficient (Wildman–Crippen LogP) is 12.8. The highest BCUT2D eigenvalue weighted by molar-refractivity contribution is 5.85. The number of hydrogen-bond acceptors (Lipinski definition) is 5. The van der Waals surface area contributed by atoms with Gasteiger partial charge in [0, 0.05) is 12.8 Å². The lowest BCUT2D eigenvalue weighted by molar-refractivity contribution is -0.179. The molecule has 2 atom stereocenters. The van der Waals surface area contributed by atoms with E-state index in [1.807, 2.05) is 25.9 Å². The summed E-state index contributed by atoms with van der Waals surface area (Å²) in [6, 6.07) is 0. The van der Waals surface area contributed by atoms with E-state index in [1.54, 1.807) is 0 Å². The van der Waals surface area contributed by atoms with E-state index in [0.29, 0.717) is 12.8 Å². The first-order chi connectivity index (χ1) is 22.4. The second-order valence-electron chi connectivity index (χ2n) is 13.7. The SMILES string of the molecule is CCCCCCCCC=CCCCCCCCC(=O)OC(C)C(OC(=O)CCCCCCCC=CCCCCCCCC)N(C)C.Cl. The Morgan fingerprint density at radius 2 is 0.787 bits per heavy atom. The Bertz CT molecular complexity index is 739. The molecule has 0 aromatic carbocycles. The van der Waals surface area contributed by atoms with Crippen molar-refractivity contribution in [2.75, 3.05) is 14.1 Å². The largest absolute Gasteiger partial charge is 0.457 e. The third-order valence-corrected chi connectivity index (χ3v) is 8.77. The first-order valence-electron chi connectivity index (χ1n) is 19.8. The Morgan fingerprint density at radius 1 is 0.489 bits per heavy atom. The van der Waals surface area contributed by atoms with E-state index in [4.69, 9.17) is 9.47 Å². The Balaban J connectivity index is 0. The number of allylic oxidation sites excluding steroid dienone is 4. The third-order valence-electron chi connectivity index (χ3n) is 8.77. The van der Waals surface area contributed by atoms with Gasteiger partial charge >= 0.3 is 11.9 Å². The molecule has 0 aromatic heterocycles. The number of rotatable bonds is 34. The molecule has 0 aliphatic heterocycles. The maximum Gasteiger partial charge on any atom is 0.307 e. The minimum absolute atomic E-state index is 0. The molecule has 0 spiro atoms. The van der Waals surface area contributed by atoms with Gasteiger partial charge in [-0.3, -0.25) is 14.5 Å². The van der Waals surface area contributed by atoms with Gasteiger partial charge in [-0.25, -0.2) is 0 Å². The molecule has 6 heteroatoms. The first kappa shape index (κ1) is 47.8. The van der Waals surface area contributed by atoms with Crippen molar-refractivity contribution in [1.82, 2.24) is 4.90 Å². The van der Waals surface area contributed by atoms with E-state index < -0.39 is 12.3 Å². The summed E-state index contributed by atoms with van der Waals surface area (Å²) in [7, 11) is 3.71. The van der Waals surface area contributed by atoms with Gasteiger partial charge in [0.25, 0.3) is 0 Å². The lowest BCUT2D eigenvalue weighted by Crippen LogP contribution is -2.43. The molecule has 0 bridgehead atoms. The fourth-order valence-electron chi connectivity index (χ4n) is 5.82. The molecule has 47 heavy (non-hydrogen) atoms. The van der Waals surface area contributed by atoms with Crippen LogP contribution in [0.3, 0.4) is 0 Å². The highest BCUT2D eigenvalue weighted by Gasteiger charge is 2.26. The van der Waals surface area contributed by atoms with Gasteiger partial charge in [-0.15, -0.1) is 12.4 Å². The minimum atomic E-state index is -0.561. The molecular weight excluding hydrogens is 606 g/mol. The topological polar surface area (TPSA) is 55.8 Å². The zero-order chi connectivity index (χ0) is 33.9. The number of ether oxygens (including phenoxy) is 2. The predicted molar refractivity (Wildman–Crippen MR) is 205 cm³/mol. The van der Waals surface area contributed by atoms with Crippen molar-refractivity contribution in [1.29, 1.82) is 0 Å². The fourth-order valence-corrected chi connectivity index (χ4v) is 5.82. The third kappa shape index (κ3) is 34.3. The molecule has 0 saturated heterocycles. The van der Waals surface area contributed by atoms with Crippen LogP contribution in [0.2, 0.25) is 0 Å². The van der Waals surface area contributed by atoms with Crippen LogP contribution in [-0.2, 0) is 19.1 Å². The van der Waals surface area contributed by atoms with Crippen LogP contribution in [0.1, 0.15) is 201 Å². The zero-order valence-corrected chi connectivity index (χ0v) is 32.6. The summed E-state index contributed by atoms with van der Waals surface area (Å²) in [5, 5.41) is 0. The summed E-state index contributed by atoms with van der Waals surface area (Å²) in [5.41, 5.74) is 0. The van der Waals surface area contributed by atoms with Gasteiger partial charge in [0.1, 0.15) is 6.10 Å². The van der Waals surface area contributed by atoms with Crippen LogP contribution in [0.15, 0.2) is 24.3 Å². The highest BCUT2D eigenvalue weighted by atomic mass is 35.5. The van der Waals surface area contributed by atoms with Crippen molar-refractivity contribution in [2.24, 2.45) is 0 Å². The van der Waals surface area contributed by atoms with Crippen molar-refractivity contribution in [3.63, 3.8) is 0 Å². The van der Waals surface area contributed by atoms with Crippen molar-refractivity contribution in [2.45, 2.75) is 213 Å². The lowest BCUT2D eigenvalue weighted by atomic mass is 10.1. The van der Waals surface area contributed by atoms with Crippen molar-refractivity contribution >= 4 is 24.3 Å². The Labute approximate surface area is 298 Å². The van der Waals surface area contributed by atoms with Gasteiger partial charge in [0.2, 0.25) is 0 Å². The fraction of sp³-hybridized carbons (Fsp3) is 0.854.